The maximum absolute atomic E-state index is 11.6. The highest BCUT2D eigenvalue weighted by Gasteiger charge is 2.08. The van der Waals surface area contributed by atoms with Gasteiger partial charge in [0.2, 0.25) is 0 Å². The first-order valence-corrected chi connectivity index (χ1v) is 5.82. The van der Waals surface area contributed by atoms with Gasteiger partial charge in [0, 0.05) is 18.3 Å². The summed E-state index contributed by atoms with van der Waals surface area (Å²) in [6.45, 7) is 5.04. The number of hydrogen-bond acceptors (Lipinski definition) is 5. The topological polar surface area (TPSA) is 64.6 Å². The third-order valence-corrected chi connectivity index (χ3v) is 2.31. The monoisotopic (exact) mass is 263 g/mol. The van der Waals surface area contributed by atoms with Gasteiger partial charge in [-0.25, -0.2) is 9.59 Å². The van der Waals surface area contributed by atoms with Crippen LogP contribution in [0.1, 0.15) is 17.3 Å². The molecule has 0 aliphatic carbocycles. The Bertz CT molecular complexity index is 465. The van der Waals surface area contributed by atoms with Crippen LogP contribution in [0.15, 0.2) is 36.4 Å². The van der Waals surface area contributed by atoms with Crippen molar-refractivity contribution in [2.75, 3.05) is 25.6 Å². The minimum Gasteiger partial charge on any atom is -0.459 e. The van der Waals surface area contributed by atoms with E-state index in [0.29, 0.717) is 11.1 Å². The van der Waals surface area contributed by atoms with E-state index in [4.69, 9.17) is 9.47 Å². The van der Waals surface area contributed by atoms with Gasteiger partial charge in [0.15, 0.2) is 0 Å². The van der Waals surface area contributed by atoms with Crippen molar-refractivity contribution in [3.8, 4) is 0 Å². The normalized spacial score (nSPS) is 9.58. The van der Waals surface area contributed by atoms with Crippen LogP contribution in [0.3, 0.4) is 0 Å². The Morgan fingerprint density at radius 1 is 1.16 bits per heavy atom. The summed E-state index contributed by atoms with van der Waals surface area (Å²) in [5, 5.41) is 2.95. The van der Waals surface area contributed by atoms with Gasteiger partial charge in [0.1, 0.15) is 13.2 Å². The zero-order chi connectivity index (χ0) is 14.3. The van der Waals surface area contributed by atoms with Crippen LogP contribution in [0.2, 0.25) is 0 Å². The molecular formula is C14H17NO4. The molecule has 1 aromatic rings. The largest absolute Gasteiger partial charge is 0.459 e. The van der Waals surface area contributed by atoms with E-state index in [1.807, 2.05) is 0 Å². The maximum atomic E-state index is 11.6. The van der Waals surface area contributed by atoms with Gasteiger partial charge < -0.3 is 14.8 Å². The lowest BCUT2D eigenvalue weighted by atomic mass is 10.2. The summed E-state index contributed by atoms with van der Waals surface area (Å²) in [6, 6.07) is 6.87. The van der Waals surface area contributed by atoms with Gasteiger partial charge in [-0.2, -0.15) is 0 Å². The summed E-state index contributed by atoms with van der Waals surface area (Å²) in [5.41, 5.74) is 1.67. The van der Waals surface area contributed by atoms with Crippen molar-refractivity contribution in [2.45, 2.75) is 6.92 Å². The lowest BCUT2D eigenvalue weighted by Gasteiger charge is -2.06. The van der Waals surface area contributed by atoms with Crippen LogP contribution in [-0.4, -0.2) is 32.2 Å². The van der Waals surface area contributed by atoms with Gasteiger partial charge in [0.05, 0.1) is 5.56 Å². The number of esters is 2. The van der Waals surface area contributed by atoms with E-state index in [1.54, 1.807) is 38.2 Å². The molecule has 0 fully saturated rings. The number of nitrogens with one attached hydrogen (secondary N) is 1. The fourth-order valence-corrected chi connectivity index (χ4v) is 1.25. The summed E-state index contributed by atoms with van der Waals surface area (Å²) in [6.07, 6.45) is 0. The van der Waals surface area contributed by atoms with Crippen molar-refractivity contribution in [1.29, 1.82) is 0 Å². The molecule has 0 spiro atoms. The molecule has 0 aromatic heterocycles. The van der Waals surface area contributed by atoms with Crippen LogP contribution in [0, 0.1) is 0 Å². The summed E-state index contributed by atoms with van der Waals surface area (Å²) in [4.78, 5) is 22.7. The molecule has 1 rings (SSSR count). The van der Waals surface area contributed by atoms with Crippen LogP contribution in [-0.2, 0) is 14.3 Å². The van der Waals surface area contributed by atoms with E-state index in [2.05, 4.69) is 11.9 Å². The predicted molar refractivity (Wildman–Crippen MR) is 72.0 cm³/mol. The van der Waals surface area contributed by atoms with Crippen molar-refractivity contribution >= 4 is 17.6 Å². The molecule has 0 bridgehead atoms. The van der Waals surface area contributed by atoms with Gasteiger partial charge in [-0.1, -0.05) is 6.58 Å². The molecule has 0 radical (unpaired) electrons. The SMILES string of the molecule is C=C(C)C(=O)OCCOC(=O)c1ccc(NC)cc1. The Balaban J connectivity index is 2.34. The fraction of sp³-hybridized carbons (Fsp3) is 0.286. The third kappa shape index (κ3) is 4.83. The average Bonchev–Trinajstić information content (AvgIpc) is 2.43. The Morgan fingerprint density at radius 2 is 1.74 bits per heavy atom. The highest BCUT2D eigenvalue weighted by Crippen LogP contribution is 2.09. The third-order valence-electron chi connectivity index (χ3n) is 2.31. The lowest BCUT2D eigenvalue weighted by Crippen LogP contribution is -2.14. The van der Waals surface area contributed by atoms with E-state index < -0.39 is 11.9 Å². The van der Waals surface area contributed by atoms with Crippen molar-refractivity contribution < 1.29 is 19.1 Å². The number of benzene rings is 1. The number of carbonyl (C=O) groups excluding carboxylic acids is 2. The van der Waals surface area contributed by atoms with Gasteiger partial charge in [-0.05, 0) is 31.2 Å². The number of rotatable bonds is 6. The quantitative estimate of drug-likeness (QED) is 0.483. The van der Waals surface area contributed by atoms with Crippen molar-refractivity contribution in [3.63, 3.8) is 0 Å². The molecule has 0 aliphatic rings. The van der Waals surface area contributed by atoms with E-state index in [1.165, 1.54) is 0 Å². The van der Waals surface area contributed by atoms with E-state index in [-0.39, 0.29) is 13.2 Å². The molecule has 0 saturated carbocycles. The Morgan fingerprint density at radius 3 is 2.26 bits per heavy atom. The minimum atomic E-state index is -0.491. The van der Waals surface area contributed by atoms with Crippen LogP contribution < -0.4 is 5.32 Å². The van der Waals surface area contributed by atoms with Gasteiger partial charge in [-0.3, -0.25) is 0 Å². The number of ether oxygens (including phenoxy) is 2. The smallest absolute Gasteiger partial charge is 0.338 e. The Kier molecular flexibility index (Phi) is 5.60. The van der Waals surface area contributed by atoms with Gasteiger partial charge >= 0.3 is 11.9 Å². The molecule has 0 aliphatic heterocycles. The molecule has 19 heavy (non-hydrogen) atoms. The molecular weight excluding hydrogens is 246 g/mol. The van der Waals surface area contributed by atoms with Crippen LogP contribution >= 0.6 is 0 Å². The lowest BCUT2D eigenvalue weighted by molar-refractivity contribution is -0.140. The Labute approximate surface area is 112 Å². The highest BCUT2D eigenvalue weighted by atomic mass is 16.6. The molecule has 0 unspecified atom stereocenters. The first-order chi connectivity index (χ1) is 9.04. The molecule has 0 heterocycles. The summed E-state index contributed by atoms with van der Waals surface area (Å²) < 4.78 is 9.77. The second-order valence-corrected chi connectivity index (χ2v) is 3.88. The van der Waals surface area contributed by atoms with E-state index in [9.17, 15) is 9.59 Å². The minimum absolute atomic E-state index is 0.0195. The number of hydrogen-bond donors (Lipinski definition) is 1. The maximum Gasteiger partial charge on any atom is 0.338 e. The number of carbonyl (C=O) groups is 2. The second kappa shape index (κ2) is 7.20. The molecule has 1 aromatic carbocycles. The van der Waals surface area contributed by atoms with Gasteiger partial charge in [-0.15, -0.1) is 0 Å². The zero-order valence-corrected chi connectivity index (χ0v) is 11.1. The van der Waals surface area contributed by atoms with Crippen molar-refractivity contribution in [3.05, 3.63) is 42.0 Å². The molecule has 5 nitrogen and oxygen atoms in total. The number of anilines is 1. The van der Waals surface area contributed by atoms with Crippen LogP contribution in [0.25, 0.3) is 0 Å². The fourth-order valence-electron chi connectivity index (χ4n) is 1.25. The molecule has 102 valence electrons. The highest BCUT2D eigenvalue weighted by molar-refractivity contribution is 5.90. The van der Waals surface area contributed by atoms with E-state index >= 15 is 0 Å². The molecule has 0 saturated heterocycles. The second-order valence-electron chi connectivity index (χ2n) is 3.88. The summed E-state index contributed by atoms with van der Waals surface area (Å²) in [7, 11) is 1.79. The summed E-state index contributed by atoms with van der Waals surface area (Å²) in [5.74, 6) is -0.941. The van der Waals surface area contributed by atoms with Crippen LogP contribution in [0.4, 0.5) is 5.69 Å². The first-order valence-electron chi connectivity index (χ1n) is 5.82. The Hall–Kier alpha value is -2.30. The summed E-state index contributed by atoms with van der Waals surface area (Å²) >= 11 is 0. The van der Waals surface area contributed by atoms with Crippen LogP contribution in [0.5, 0.6) is 0 Å². The molecule has 0 amide bonds. The van der Waals surface area contributed by atoms with Crippen molar-refractivity contribution in [2.24, 2.45) is 0 Å². The predicted octanol–water partition coefficient (Wildman–Crippen LogP) is 2.00. The molecule has 0 atom stereocenters. The van der Waals surface area contributed by atoms with Crippen molar-refractivity contribution in [1.82, 2.24) is 0 Å². The standard InChI is InChI=1S/C14H17NO4/c1-10(2)13(16)18-8-9-19-14(17)11-4-6-12(15-3)7-5-11/h4-7,15H,1,8-9H2,2-3H3. The first kappa shape index (κ1) is 14.8. The molecule has 5 heteroatoms. The van der Waals surface area contributed by atoms with E-state index in [0.717, 1.165) is 5.69 Å². The molecule has 1 N–H and O–H groups in total. The zero-order valence-electron chi connectivity index (χ0n) is 11.1. The van der Waals surface area contributed by atoms with Gasteiger partial charge in [0.25, 0.3) is 0 Å². The average molecular weight is 263 g/mol.